The van der Waals surface area contributed by atoms with E-state index < -0.39 is 41.8 Å². The minimum absolute atomic E-state index is 0.191. The summed E-state index contributed by atoms with van der Waals surface area (Å²) < 4.78 is 5.64. The third-order valence-corrected chi connectivity index (χ3v) is 6.44. The molecule has 2 aliphatic heterocycles. The van der Waals surface area contributed by atoms with Gasteiger partial charge in [-0.1, -0.05) is 23.7 Å². The molecule has 2 fully saturated rings. The van der Waals surface area contributed by atoms with Crippen molar-refractivity contribution in [2.45, 2.75) is 25.0 Å². The summed E-state index contributed by atoms with van der Waals surface area (Å²) in [5, 5.41) is 14.8. The molecule has 0 aliphatic carbocycles. The van der Waals surface area contributed by atoms with E-state index in [-0.39, 0.29) is 5.56 Å². The van der Waals surface area contributed by atoms with Gasteiger partial charge in [-0.25, -0.2) is 0 Å². The van der Waals surface area contributed by atoms with Crippen LogP contribution in [0.15, 0.2) is 29.6 Å². The van der Waals surface area contributed by atoms with Gasteiger partial charge in [0.25, 0.3) is 5.91 Å². The molecule has 4 N–H and O–H groups in total. The number of nitrogens with one attached hydrogen (secondary N) is 1. The lowest BCUT2D eigenvalue weighted by molar-refractivity contribution is -0.147. The lowest BCUT2D eigenvalue weighted by Crippen LogP contribution is -2.41. The summed E-state index contributed by atoms with van der Waals surface area (Å²) in [6.45, 7) is 0. The van der Waals surface area contributed by atoms with Crippen LogP contribution in [-0.2, 0) is 14.3 Å². The molecule has 2 aliphatic rings. The number of primary amides is 1. The Balaban J connectivity index is 1.63. The molecule has 4 atom stereocenters. The van der Waals surface area contributed by atoms with Crippen molar-refractivity contribution in [1.29, 1.82) is 0 Å². The zero-order valence-electron chi connectivity index (χ0n) is 14.6. The minimum atomic E-state index is -1.05. The highest BCUT2D eigenvalue weighted by molar-refractivity contribution is 7.15. The van der Waals surface area contributed by atoms with Gasteiger partial charge in [0.1, 0.15) is 5.00 Å². The first-order valence-corrected chi connectivity index (χ1v) is 9.99. The van der Waals surface area contributed by atoms with Gasteiger partial charge in [-0.15, -0.1) is 11.3 Å². The molecular formula is C19H17ClN2O5S. The summed E-state index contributed by atoms with van der Waals surface area (Å²) in [4.78, 5) is 36.6. The van der Waals surface area contributed by atoms with E-state index in [4.69, 9.17) is 22.1 Å². The maximum absolute atomic E-state index is 12.9. The summed E-state index contributed by atoms with van der Waals surface area (Å²) in [7, 11) is 0. The Morgan fingerprint density at radius 2 is 1.79 bits per heavy atom. The van der Waals surface area contributed by atoms with Crippen molar-refractivity contribution in [1.82, 2.24) is 0 Å². The van der Waals surface area contributed by atoms with Crippen molar-refractivity contribution in [2.75, 3.05) is 5.32 Å². The molecule has 28 heavy (non-hydrogen) atoms. The van der Waals surface area contributed by atoms with Gasteiger partial charge in [0.05, 0.1) is 29.6 Å². The van der Waals surface area contributed by atoms with Crippen LogP contribution in [0.5, 0.6) is 0 Å². The molecule has 7 nitrogen and oxygen atoms in total. The third kappa shape index (κ3) is 3.17. The predicted molar refractivity (Wildman–Crippen MR) is 104 cm³/mol. The van der Waals surface area contributed by atoms with Crippen LogP contribution in [0, 0.1) is 11.8 Å². The van der Waals surface area contributed by atoms with Crippen molar-refractivity contribution in [3.8, 4) is 11.1 Å². The number of hydrogen-bond donors (Lipinski definition) is 3. The van der Waals surface area contributed by atoms with Crippen LogP contribution >= 0.6 is 22.9 Å². The Morgan fingerprint density at radius 1 is 1.14 bits per heavy atom. The first kappa shape index (κ1) is 18.9. The molecule has 2 amide bonds. The number of carboxylic acids is 1. The number of carbonyl (C=O) groups is 3. The average Bonchev–Trinajstić information content (AvgIpc) is 3.35. The SMILES string of the molecule is NC(=O)c1c(-c2ccc(Cl)cc2)csc1NC(=O)[C@@H]1[C@H](C(=O)O)[C@H]2CC[C@H]1O2. The van der Waals surface area contributed by atoms with E-state index >= 15 is 0 Å². The maximum Gasteiger partial charge on any atom is 0.310 e. The summed E-state index contributed by atoms with van der Waals surface area (Å²) in [6.07, 6.45) is 0.425. The lowest BCUT2D eigenvalue weighted by Gasteiger charge is -2.23. The Bertz CT molecular complexity index is 958. The van der Waals surface area contributed by atoms with E-state index in [1.165, 1.54) is 11.3 Å². The number of aliphatic carboxylic acids is 1. The molecule has 146 valence electrons. The summed E-state index contributed by atoms with van der Waals surface area (Å²) in [5.74, 6) is -3.87. The van der Waals surface area contributed by atoms with Crippen LogP contribution in [-0.4, -0.2) is 35.1 Å². The van der Waals surface area contributed by atoms with Crippen molar-refractivity contribution in [3.05, 3.63) is 40.2 Å². The minimum Gasteiger partial charge on any atom is -0.481 e. The molecule has 0 saturated carbocycles. The molecule has 2 saturated heterocycles. The first-order valence-electron chi connectivity index (χ1n) is 8.73. The van der Waals surface area contributed by atoms with E-state index in [1.807, 2.05) is 0 Å². The predicted octanol–water partition coefficient (Wildman–Crippen LogP) is 2.98. The Kier molecular flexibility index (Phi) is 4.86. The number of nitrogens with two attached hydrogens (primary N) is 1. The van der Waals surface area contributed by atoms with Crippen molar-refractivity contribution in [2.24, 2.45) is 17.6 Å². The number of carbonyl (C=O) groups excluding carboxylic acids is 2. The van der Waals surface area contributed by atoms with Crippen molar-refractivity contribution >= 4 is 45.7 Å². The third-order valence-electron chi connectivity index (χ3n) is 5.29. The Hall–Kier alpha value is -2.42. The highest BCUT2D eigenvalue weighted by Crippen LogP contribution is 2.45. The summed E-state index contributed by atoms with van der Waals surface area (Å²) in [5.41, 5.74) is 7.08. The number of carboxylic acid groups (broad SMARTS) is 1. The fraction of sp³-hybridized carbons (Fsp3) is 0.316. The second-order valence-electron chi connectivity index (χ2n) is 6.89. The normalized spacial score (nSPS) is 25.6. The van der Waals surface area contributed by atoms with Gasteiger partial charge in [0, 0.05) is 16.0 Å². The van der Waals surface area contributed by atoms with E-state index in [2.05, 4.69) is 5.32 Å². The average molecular weight is 421 g/mol. The number of amides is 2. The van der Waals surface area contributed by atoms with Crippen LogP contribution in [0.25, 0.3) is 11.1 Å². The van der Waals surface area contributed by atoms with Gasteiger partial charge >= 0.3 is 5.97 Å². The molecule has 2 bridgehead atoms. The Morgan fingerprint density at radius 3 is 2.39 bits per heavy atom. The van der Waals surface area contributed by atoms with E-state index in [1.54, 1.807) is 29.6 Å². The second kappa shape index (κ2) is 7.20. The highest BCUT2D eigenvalue weighted by atomic mass is 35.5. The number of hydrogen-bond acceptors (Lipinski definition) is 5. The number of thiophene rings is 1. The topological polar surface area (TPSA) is 119 Å². The first-order chi connectivity index (χ1) is 13.4. The fourth-order valence-corrected chi connectivity index (χ4v) is 5.16. The number of fused-ring (bicyclic) bond motifs is 2. The number of ether oxygens (including phenoxy) is 1. The molecule has 2 aromatic rings. The molecule has 0 radical (unpaired) electrons. The second-order valence-corrected chi connectivity index (χ2v) is 8.21. The zero-order chi connectivity index (χ0) is 20.0. The molecule has 0 unspecified atom stereocenters. The molecule has 3 heterocycles. The molecule has 4 rings (SSSR count). The van der Waals surface area contributed by atoms with Crippen molar-refractivity contribution in [3.63, 3.8) is 0 Å². The van der Waals surface area contributed by atoms with Gasteiger partial charge in [-0.2, -0.15) is 0 Å². The van der Waals surface area contributed by atoms with Gasteiger partial charge in [0.15, 0.2) is 0 Å². The fourth-order valence-electron chi connectivity index (χ4n) is 4.06. The lowest BCUT2D eigenvalue weighted by atomic mass is 9.78. The molecular weight excluding hydrogens is 404 g/mol. The van der Waals surface area contributed by atoms with Gasteiger partial charge in [-0.05, 0) is 30.5 Å². The number of anilines is 1. The van der Waals surface area contributed by atoms with E-state index in [0.29, 0.717) is 28.4 Å². The van der Waals surface area contributed by atoms with Gasteiger partial charge in [0.2, 0.25) is 5.91 Å². The van der Waals surface area contributed by atoms with Crippen LogP contribution in [0.4, 0.5) is 5.00 Å². The van der Waals surface area contributed by atoms with Crippen molar-refractivity contribution < 1.29 is 24.2 Å². The van der Waals surface area contributed by atoms with Crippen LogP contribution in [0.3, 0.4) is 0 Å². The van der Waals surface area contributed by atoms with Crippen LogP contribution in [0.2, 0.25) is 5.02 Å². The van der Waals surface area contributed by atoms with Crippen LogP contribution in [0.1, 0.15) is 23.2 Å². The Labute approximate surface area is 169 Å². The summed E-state index contributed by atoms with van der Waals surface area (Å²) >= 11 is 7.08. The quantitative estimate of drug-likeness (QED) is 0.687. The van der Waals surface area contributed by atoms with E-state index in [0.717, 1.165) is 5.56 Å². The van der Waals surface area contributed by atoms with Gasteiger partial charge in [-0.3, -0.25) is 14.4 Å². The molecule has 0 spiro atoms. The largest absolute Gasteiger partial charge is 0.481 e. The highest BCUT2D eigenvalue weighted by Gasteiger charge is 2.55. The number of halogens is 1. The smallest absolute Gasteiger partial charge is 0.310 e. The standard InChI is InChI=1S/C19H17ClN2O5S/c20-9-3-1-8(2-4-9)10-7-28-18(13(10)16(21)23)22-17(24)14-11-5-6-12(27-11)15(14)19(25)26/h1-4,7,11-12,14-15H,5-6H2,(H2,21,23)(H,22,24)(H,25,26)/t11-,12-,14+,15-/m1/s1. The molecule has 9 heteroatoms. The van der Waals surface area contributed by atoms with Gasteiger partial charge < -0.3 is 20.9 Å². The van der Waals surface area contributed by atoms with Crippen LogP contribution < -0.4 is 11.1 Å². The maximum atomic E-state index is 12.9. The van der Waals surface area contributed by atoms with E-state index in [9.17, 15) is 19.5 Å². The molecule has 1 aromatic heterocycles. The monoisotopic (exact) mass is 420 g/mol. The number of benzene rings is 1. The number of rotatable bonds is 5. The zero-order valence-corrected chi connectivity index (χ0v) is 16.1. The summed E-state index contributed by atoms with van der Waals surface area (Å²) in [6, 6.07) is 6.91. The molecule has 1 aromatic carbocycles.